The molecule has 4 rings (SSSR count). The van der Waals surface area contributed by atoms with Crippen molar-refractivity contribution in [2.45, 2.75) is 24.7 Å². The number of rotatable bonds is 10. The molecule has 0 bridgehead atoms. The minimum Gasteiger partial charge on any atom is -0.466 e. The van der Waals surface area contributed by atoms with E-state index in [1.165, 1.54) is 16.4 Å². The lowest BCUT2D eigenvalue weighted by molar-refractivity contribution is -0.143. The summed E-state index contributed by atoms with van der Waals surface area (Å²) in [5.41, 5.74) is 2.22. The number of aryl methyl sites for hydroxylation is 1. The Balaban J connectivity index is 1.67. The van der Waals surface area contributed by atoms with E-state index in [1.54, 1.807) is 79.2 Å². The molecule has 1 heterocycles. The van der Waals surface area contributed by atoms with Crippen LogP contribution in [0.1, 0.15) is 41.5 Å². The minimum atomic E-state index is -4.02. The molecule has 0 amide bonds. The summed E-state index contributed by atoms with van der Waals surface area (Å²) >= 11 is 0. The summed E-state index contributed by atoms with van der Waals surface area (Å²) in [6, 6.07) is 21.4. The molecule has 0 saturated heterocycles. The number of carbonyl (C=O) groups excluding carboxylic acids is 2. The third-order valence-corrected chi connectivity index (χ3v) is 7.83. The van der Waals surface area contributed by atoms with Gasteiger partial charge in [0.15, 0.2) is 5.82 Å². The lowest BCUT2D eigenvalue weighted by Crippen LogP contribution is -2.32. The summed E-state index contributed by atoms with van der Waals surface area (Å²) in [4.78, 5) is 29.4. The third-order valence-electron chi connectivity index (χ3n) is 6.01. The van der Waals surface area contributed by atoms with Crippen LogP contribution < -0.4 is 4.31 Å². The van der Waals surface area contributed by atoms with E-state index in [4.69, 9.17) is 10.00 Å². The fourth-order valence-electron chi connectivity index (χ4n) is 4.08. The van der Waals surface area contributed by atoms with Gasteiger partial charge in [0.05, 0.1) is 39.9 Å². The molecule has 0 spiro atoms. The van der Waals surface area contributed by atoms with Crippen molar-refractivity contribution in [2.75, 3.05) is 17.5 Å². The van der Waals surface area contributed by atoms with E-state index >= 15 is 0 Å². The van der Waals surface area contributed by atoms with Gasteiger partial charge < -0.3 is 9.30 Å². The Hall–Kier alpha value is -4.49. The van der Waals surface area contributed by atoms with Crippen molar-refractivity contribution in [3.63, 3.8) is 0 Å². The van der Waals surface area contributed by atoms with Gasteiger partial charge in [-0.1, -0.05) is 18.2 Å². The van der Waals surface area contributed by atoms with Gasteiger partial charge in [-0.05, 0) is 67.9 Å². The molecule has 0 unspecified atom stereocenters. The third kappa shape index (κ3) is 5.43. The zero-order valence-corrected chi connectivity index (χ0v) is 21.8. The maximum absolute atomic E-state index is 13.8. The molecular formula is C28H26N4O5S. The second-order valence-electron chi connectivity index (χ2n) is 8.48. The number of hydrogen-bond donors (Lipinski definition) is 0. The van der Waals surface area contributed by atoms with Crippen LogP contribution in [-0.4, -0.2) is 42.9 Å². The van der Waals surface area contributed by atoms with E-state index < -0.39 is 10.0 Å². The highest BCUT2D eigenvalue weighted by Crippen LogP contribution is 2.27. The van der Waals surface area contributed by atoms with Crippen LogP contribution in [0.25, 0.3) is 11.0 Å². The number of benzene rings is 3. The van der Waals surface area contributed by atoms with Crippen molar-refractivity contribution in [3.8, 4) is 6.07 Å². The quantitative estimate of drug-likeness (QED) is 0.222. The first kappa shape index (κ1) is 26.6. The fraction of sp³-hybridized carbons (Fsp3) is 0.214. The topological polar surface area (TPSA) is 122 Å². The molecule has 0 radical (unpaired) electrons. The molecule has 0 N–H and O–H groups in total. The van der Waals surface area contributed by atoms with Crippen LogP contribution in [-0.2, 0) is 26.6 Å². The van der Waals surface area contributed by atoms with E-state index in [0.29, 0.717) is 27.8 Å². The number of carbonyl (C=O) groups is 2. The van der Waals surface area contributed by atoms with Crippen molar-refractivity contribution >= 4 is 38.5 Å². The smallest absolute Gasteiger partial charge is 0.305 e. The van der Waals surface area contributed by atoms with Crippen molar-refractivity contribution in [1.29, 1.82) is 5.26 Å². The van der Waals surface area contributed by atoms with E-state index in [-0.39, 0.29) is 48.5 Å². The number of nitriles is 1. The zero-order valence-electron chi connectivity index (χ0n) is 21.0. The molecule has 38 heavy (non-hydrogen) atoms. The van der Waals surface area contributed by atoms with Crippen LogP contribution >= 0.6 is 0 Å². The Kier molecular flexibility index (Phi) is 7.88. The molecule has 0 fully saturated rings. The molecular weight excluding hydrogens is 504 g/mol. The van der Waals surface area contributed by atoms with Gasteiger partial charge in [-0.3, -0.25) is 13.9 Å². The van der Waals surface area contributed by atoms with E-state index in [1.807, 2.05) is 6.07 Å². The number of ketones is 1. The largest absolute Gasteiger partial charge is 0.466 e. The van der Waals surface area contributed by atoms with Gasteiger partial charge in [0.2, 0.25) is 5.78 Å². The first-order valence-electron chi connectivity index (χ1n) is 12.0. The Morgan fingerprint density at radius 1 is 1.05 bits per heavy atom. The maximum Gasteiger partial charge on any atom is 0.305 e. The lowest BCUT2D eigenvalue weighted by Gasteiger charge is -2.24. The van der Waals surface area contributed by atoms with E-state index in [0.717, 1.165) is 0 Å². The number of hydrogen-bond acceptors (Lipinski definition) is 7. The number of anilines is 1. The van der Waals surface area contributed by atoms with Crippen molar-refractivity contribution in [3.05, 3.63) is 89.7 Å². The second kappa shape index (κ2) is 11.3. The van der Waals surface area contributed by atoms with Crippen LogP contribution in [0, 0.1) is 11.3 Å². The predicted octanol–water partition coefficient (Wildman–Crippen LogP) is 4.21. The zero-order chi connectivity index (χ0) is 27.3. The SMILES string of the molecule is CCOC(=O)CCCN(c1ccccc1)S(=O)(=O)c1ccc2c(c1)nc(C(=O)c1ccc(C#N)cc1)n2C. The molecule has 3 aromatic carbocycles. The number of fused-ring (bicyclic) bond motifs is 1. The summed E-state index contributed by atoms with van der Waals surface area (Å²) in [6.45, 7) is 2.06. The number of imidazole rings is 1. The monoisotopic (exact) mass is 530 g/mol. The second-order valence-corrected chi connectivity index (χ2v) is 10.3. The number of esters is 1. The molecule has 0 aliphatic carbocycles. The van der Waals surface area contributed by atoms with Gasteiger partial charge in [0.1, 0.15) is 0 Å². The minimum absolute atomic E-state index is 0.0143. The first-order valence-corrected chi connectivity index (χ1v) is 13.4. The van der Waals surface area contributed by atoms with E-state index in [2.05, 4.69) is 4.98 Å². The number of para-hydroxylation sites is 1. The van der Waals surface area contributed by atoms with Crippen LogP contribution in [0.4, 0.5) is 5.69 Å². The van der Waals surface area contributed by atoms with Crippen molar-refractivity contribution < 1.29 is 22.7 Å². The molecule has 0 aliphatic rings. The summed E-state index contributed by atoms with van der Waals surface area (Å²) < 4.78 is 35.4. The molecule has 0 saturated carbocycles. The molecule has 0 aliphatic heterocycles. The Morgan fingerprint density at radius 2 is 1.76 bits per heavy atom. The highest BCUT2D eigenvalue weighted by atomic mass is 32.2. The van der Waals surface area contributed by atoms with Crippen LogP contribution in [0.3, 0.4) is 0 Å². The molecule has 194 valence electrons. The predicted molar refractivity (Wildman–Crippen MR) is 142 cm³/mol. The summed E-state index contributed by atoms with van der Waals surface area (Å²) in [5.74, 6) is -0.580. The van der Waals surface area contributed by atoms with Crippen molar-refractivity contribution in [1.82, 2.24) is 9.55 Å². The number of nitrogens with zero attached hydrogens (tertiary/aromatic N) is 4. The number of sulfonamides is 1. The Bertz CT molecular complexity index is 1620. The lowest BCUT2D eigenvalue weighted by atomic mass is 10.1. The molecule has 1 aromatic heterocycles. The van der Waals surface area contributed by atoms with Gasteiger partial charge in [-0.2, -0.15) is 5.26 Å². The summed E-state index contributed by atoms with van der Waals surface area (Å²) in [7, 11) is -2.34. The highest BCUT2D eigenvalue weighted by molar-refractivity contribution is 7.92. The van der Waals surface area contributed by atoms with Gasteiger partial charge >= 0.3 is 5.97 Å². The Labute approximate surface area is 221 Å². The molecule has 0 atom stereocenters. The number of ether oxygens (including phenoxy) is 1. The average Bonchev–Trinajstić information content (AvgIpc) is 3.27. The molecule has 9 nitrogen and oxygen atoms in total. The highest BCUT2D eigenvalue weighted by Gasteiger charge is 2.26. The maximum atomic E-state index is 13.8. The van der Waals surface area contributed by atoms with Crippen LogP contribution in [0.15, 0.2) is 77.7 Å². The first-order chi connectivity index (χ1) is 18.3. The van der Waals surface area contributed by atoms with Gasteiger partial charge in [-0.15, -0.1) is 0 Å². The van der Waals surface area contributed by atoms with Crippen LogP contribution in [0.2, 0.25) is 0 Å². The normalized spacial score (nSPS) is 11.2. The van der Waals surface area contributed by atoms with Crippen LogP contribution in [0.5, 0.6) is 0 Å². The summed E-state index contributed by atoms with van der Waals surface area (Å²) in [6.07, 6.45) is 0.370. The fourth-order valence-corrected chi connectivity index (χ4v) is 5.60. The standard InChI is InChI=1S/C28H26N4O5S/c1-3-37-26(33)10-7-17-32(22-8-5-4-6-9-22)38(35,36)23-15-16-25-24(18-23)30-28(31(25)2)27(34)21-13-11-20(19-29)12-14-21/h4-6,8-9,11-16,18H,3,7,10,17H2,1-2H3. The van der Waals surface area contributed by atoms with E-state index in [9.17, 15) is 18.0 Å². The van der Waals surface area contributed by atoms with Gasteiger partial charge in [0, 0.05) is 25.6 Å². The molecule has 10 heteroatoms. The number of aromatic nitrogens is 2. The van der Waals surface area contributed by atoms with Gasteiger partial charge in [-0.25, -0.2) is 13.4 Å². The Morgan fingerprint density at radius 3 is 2.42 bits per heavy atom. The van der Waals surface area contributed by atoms with Gasteiger partial charge in [0.25, 0.3) is 10.0 Å². The average molecular weight is 531 g/mol. The molecule has 4 aromatic rings. The summed E-state index contributed by atoms with van der Waals surface area (Å²) in [5, 5.41) is 9.00. The van der Waals surface area contributed by atoms with Crippen molar-refractivity contribution in [2.24, 2.45) is 7.05 Å².